The van der Waals surface area contributed by atoms with Crippen molar-refractivity contribution in [2.75, 3.05) is 39.8 Å². The van der Waals surface area contributed by atoms with E-state index in [-0.39, 0.29) is 11.4 Å². The molecule has 2 aliphatic rings. The third-order valence-corrected chi connectivity index (χ3v) is 5.61. The number of hydrogen-bond acceptors (Lipinski definition) is 4. The molecule has 1 atom stereocenters. The first-order valence-electron chi connectivity index (χ1n) is 8.90. The maximum atomic E-state index is 12.3. The van der Waals surface area contributed by atoms with Gasteiger partial charge in [0.15, 0.2) is 0 Å². The number of furan rings is 1. The molecule has 2 saturated heterocycles. The molecule has 0 radical (unpaired) electrons. The average Bonchev–Trinajstić information content (AvgIpc) is 2.90. The number of likely N-dealkylation sites (tertiary alicyclic amines) is 1. The van der Waals surface area contributed by atoms with Gasteiger partial charge in [0, 0.05) is 44.7 Å². The van der Waals surface area contributed by atoms with E-state index < -0.39 is 0 Å². The first kappa shape index (κ1) is 17.2. The Balaban J connectivity index is 1.70. The van der Waals surface area contributed by atoms with E-state index in [4.69, 9.17) is 4.42 Å². The number of amides is 1. The van der Waals surface area contributed by atoms with E-state index >= 15 is 0 Å². The quantitative estimate of drug-likeness (QED) is 0.794. The van der Waals surface area contributed by atoms with Crippen molar-refractivity contribution in [2.45, 2.75) is 38.3 Å². The fourth-order valence-corrected chi connectivity index (χ4v) is 4.05. The van der Waals surface area contributed by atoms with E-state index in [9.17, 15) is 4.79 Å². The molecular weight excluding hydrogens is 302 g/mol. The fourth-order valence-electron chi connectivity index (χ4n) is 4.05. The first-order chi connectivity index (χ1) is 11.5. The molecule has 0 bridgehead atoms. The highest BCUT2D eigenvalue weighted by atomic mass is 16.3. The van der Waals surface area contributed by atoms with Crippen LogP contribution in [0.2, 0.25) is 0 Å². The van der Waals surface area contributed by atoms with Gasteiger partial charge >= 0.3 is 0 Å². The third kappa shape index (κ3) is 3.57. The number of carbonyl (C=O) groups is 1. The van der Waals surface area contributed by atoms with Crippen molar-refractivity contribution < 1.29 is 9.21 Å². The average molecular weight is 331 g/mol. The summed E-state index contributed by atoms with van der Waals surface area (Å²) in [6.07, 6.45) is 4.42. The highest BCUT2D eigenvalue weighted by Gasteiger charge is 2.42. The molecule has 1 unspecified atom stereocenters. The fraction of sp³-hybridized carbons (Fsp3) is 0.632. The van der Waals surface area contributed by atoms with Gasteiger partial charge in [0.05, 0.1) is 6.54 Å². The van der Waals surface area contributed by atoms with Crippen molar-refractivity contribution >= 4 is 5.91 Å². The van der Waals surface area contributed by atoms with Gasteiger partial charge in [-0.25, -0.2) is 0 Å². The number of nitrogens with zero attached hydrogens (tertiary/aromatic N) is 3. The minimum absolute atomic E-state index is 0.0888. The Morgan fingerprint density at radius 2 is 2.12 bits per heavy atom. The zero-order valence-electron chi connectivity index (χ0n) is 15.0. The van der Waals surface area contributed by atoms with Crippen LogP contribution in [0.15, 0.2) is 29.2 Å². The Hall–Kier alpha value is -1.59. The monoisotopic (exact) mass is 331 g/mol. The van der Waals surface area contributed by atoms with Crippen molar-refractivity contribution in [3.05, 3.63) is 36.3 Å². The third-order valence-electron chi connectivity index (χ3n) is 5.61. The molecule has 1 amide bonds. The summed E-state index contributed by atoms with van der Waals surface area (Å²) in [6, 6.07) is 4.10. The number of aryl methyl sites for hydroxylation is 1. The van der Waals surface area contributed by atoms with Crippen LogP contribution in [-0.2, 0) is 11.3 Å². The Morgan fingerprint density at radius 3 is 2.83 bits per heavy atom. The Bertz CT molecular complexity index is 597. The molecule has 1 aromatic rings. The number of rotatable bonds is 4. The largest absolute Gasteiger partial charge is 0.465 e. The molecule has 24 heavy (non-hydrogen) atoms. The van der Waals surface area contributed by atoms with Gasteiger partial charge in [-0.05, 0) is 38.9 Å². The lowest BCUT2D eigenvalue weighted by Crippen LogP contribution is -2.60. The van der Waals surface area contributed by atoms with Crippen molar-refractivity contribution in [2.24, 2.45) is 0 Å². The molecule has 1 aromatic heterocycles. The van der Waals surface area contributed by atoms with Crippen molar-refractivity contribution in [1.82, 2.24) is 14.7 Å². The second-order valence-corrected chi connectivity index (χ2v) is 7.25. The molecule has 0 aliphatic carbocycles. The molecule has 2 fully saturated rings. The van der Waals surface area contributed by atoms with Gasteiger partial charge in [0.25, 0.3) is 0 Å². The van der Waals surface area contributed by atoms with Crippen molar-refractivity contribution in [3.63, 3.8) is 0 Å². The van der Waals surface area contributed by atoms with Crippen LogP contribution < -0.4 is 0 Å². The molecule has 0 saturated carbocycles. The predicted octanol–water partition coefficient (Wildman–Crippen LogP) is 2.27. The first-order valence-corrected chi connectivity index (χ1v) is 8.90. The smallest absolute Gasteiger partial charge is 0.222 e. The van der Waals surface area contributed by atoms with Crippen LogP contribution in [0.25, 0.3) is 0 Å². The molecule has 3 heterocycles. The Kier molecular flexibility index (Phi) is 5.11. The zero-order chi connectivity index (χ0) is 17.2. The van der Waals surface area contributed by atoms with Crippen molar-refractivity contribution in [1.29, 1.82) is 0 Å². The normalized spacial score (nSPS) is 26.8. The summed E-state index contributed by atoms with van der Waals surface area (Å²) in [5.74, 6) is 2.26. The predicted molar refractivity (Wildman–Crippen MR) is 94.7 cm³/mol. The molecule has 0 aromatic carbocycles. The summed E-state index contributed by atoms with van der Waals surface area (Å²) < 4.78 is 5.75. The van der Waals surface area contributed by atoms with Crippen LogP contribution in [0, 0.1) is 6.92 Å². The second kappa shape index (κ2) is 7.11. The minimum Gasteiger partial charge on any atom is -0.465 e. The van der Waals surface area contributed by atoms with Crippen molar-refractivity contribution in [3.8, 4) is 0 Å². The maximum absolute atomic E-state index is 12.3. The van der Waals surface area contributed by atoms with E-state index in [2.05, 4.69) is 29.5 Å². The van der Waals surface area contributed by atoms with Gasteiger partial charge < -0.3 is 9.32 Å². The lowest BCUT2D eigenvalue weighted by molar-refractivity contribution is -0.130. The highest BCUT2D eigenvalue weighted by molar-refractivity contribution is 5.76. The summed E-state index contributed by atoms with van der Waals surface area (Å²) in [5.41, 5.74) is 0.0888. The molecule has 2 aliphatic heterocycles. The lowest BCUT2D eigenvalue weighted by atomic mass is 9.86. The van der Waals surface area contributed by atoms with Gasteiger partial charge in [-0.1, -0.05) is 6.08 Å². The summed E-state index contributed by atoms with van der Waals surface area (Å²) >= 11 is 0. The Labute approximate surface area is 144 Å². The molecular formula is C19H29N3O2. The van der Waals surface area contributed by atoms with E-state index in [1.54, 1.807) is 0 Å². The van der Waals surface area contributed by atoms with Crippen LogP contribution in [0.3, 0.4) is 0 Å². The van der Waals surface area contributed by atoms with Gasteiger partial charge in [-0.3, -0.25) is 14.6 Å². The SMILES string of the molecule is C=CCN1CCC2(CCC1=O)CN(Cc1ccc(C)o1)CCN2C. The van der Waals surface area contributed by atoms with E-state index in [0.717, 1.165) is 57.1 Å². The Morgan fingerprint density at radius 1 is 1.29 bits per heavy atom. The minimum atomic E-state index is 0.0888. The van der Waals surface area contributed by atoms with E-state index in [1.807, 2.05) is 24.0 Å². The van der Waals surface area contributed by atoms with Gasteiger partial charge in [0.2, 0.25) is 5.91 Å². The van der Waals surface area contributed by atoms with E-state index in [0.29, 0.717) is 13.0 Å². The standard InChI is InChI=1S/C19H29N3O2/c1-4-10-22-11-9-19(8-7-18(22)23)15-21(13-12-20(19)3)14-17-6-5-16(2)24-17/h4-6H,1,7-15H2,2-3H3. The molecule has 0 N–H and O–H groups in total. The van der Waals surface area contributed by atoms with Crippen LogP contribution in [-0.4, -0.2) is 65.9 Å². The zero-order valence-corrected chi connectivity index (χ0v) is 15.0. The molecule has 132 valence electrons. The summed E-state index contributed by atoms with van der Waals surface area (Å²) in [7, 11) is 2.21. The molecule has 5 heteroatoms. The topological polar surface area (TPSA) is 39.9 Å². The summed E-state index contributed by atoms with van der Waals surface area (Å²) in [5, 5.41) is 0. The highest BCUT2D eigenvalue weighted by Crippen LogP contribution is 2.32. The van der Waals surface area contributed by atoms with Crippen LogP contribution in [0.1, 0.15) is 30.8 Å². The van der Waals surface area contributed by atoms with Crippen LogP contribution >= 0.6 is 0 Å². The van der Waals surface area contributed by atoms with Gasteiger partial charge in [-0.15, -0.1) is 6.58 Å². The number of hydrogen-bond donors (Lipinski definition) is 0. The summed E-state index contributed by atoms with van der Waals surface area (Å²) in [6.45, 7) is 11.2. The maximum Gasteiger partial charge on any atom is 0.222 e. The number of likely N-dealkylation sites (N-methyl/N-ethyl adjacent to an activating group) is 1. The number of piperazine rings is 1. The van der Waals surface area contributed by atoms with Gasteiger partial charge in [-0.2, -0.15) is 0 Å². The van der Waals surface area contributed by atoms with Crippen LogP contribution in [0.5, 0.6) is 0 Å². The van der Waals surface area contributed by atoms with Crippen LogP contribution in [0.4, 0.5) is 0 Å². The summed E-state index contributed by atoms with van der Waals surface area (Å²) in [4.78, 5) is 19.2. The molecule has 1 spiro atoms. The van der Waals surface area contributed by atoms with Gasteiger partial charge in [0.1, 0.15) is 11.5 Å². The van der Waals surface area contributed by atoms with E-state index in [1.165, 1.54) is 0 Å². The molecule has 3 rings (SSSR count). The second-order valence-electron chi connectivity index (χ2n) is 7.25. The lowest BCUT2D eigenvalue weighted by Gasteiger charge is -2.49. The number of carbonyl (C=O) groups excluding carboxylic acids is 1. The molecule has 5 nitrogen and oxygen atoms in total.